The molecule has 1 atom stereocenters. The quantitative estimate of drug-likeness (QED) is 0.807. The van der Waals surface area contributed by atoms with Crippen molar-refractivity contribution >= 4 is 17.6 Å². The first kappa shape index (κ1) is 11.0. The molecule has 0 bridgehead atoms. The molecule has 1 aromatic carbocycles. The van der Waals surface area contributed by atoms with Crippen molar-refractivity contribution < 1.29 is 9.90 Å². The van der Waals surface area contributed by atoms with Crippen molar-refractivity contribution in [1.82, 2.24) is 0 Å². The van der Waals surface area contributed by atoms with Crippen molar-refractivity contribution in [2.24, 2.45) is 5.73 Å². The van der Waals surface area contributed by atoms with Gasteiger partial charge in [0.05, 0.1) is 0 Å². The summed E-state index contributed by atoms with van der Waals surface area (Å²) in [6.07, 6.45) is 0.677. The summed E-state index contributed by atoms with van der Waals surface area (Å²) >= 11 is 5.93. The molecule has 0 saturated carbocycles. The summed E-state index contributed by atoms with van der Waals surface area (Å²) in [6, 6.07) is 4.14. The van der Waals surface area contributed by atoms with E-state index in [4.69, 9.17) is 22.4 Å². The Kier molecular flexibility index (Phi) is 3.49. The number of hydrogen-bond acceptors (Lipinski definition) is 2. The van der Waals surface area contributed by atoms with Gasteiger partial charge in [-0.05, 0) is 23.6 Å². The zero-order valence-corrected chi connectivity index (χ0v) is 8.58. The van der Waals surface area contributed by atoms with Crippen LogP contribution in [0.3, 0.4) is 0 Å². The van der Waals surface area contributed by atoms with Gasteiger partial charge in [-0.15, -0.1) is 0 Å². The fourth-order valence-corrected chi connectivity index (χ4v) is 1.69. The summed E-state index contributed by atoms with van der Waals surface area (Å²) in [6.45, 7) is 1.92. The fourth-order valence-electron chi connectivity index (χ4n) is 1.37. The normalized spacial score (nSPS) is 12.5. The van der Waals surface area contributed by atoms with Gasteiger partial charge in [-0.1, -0.05) is 30.7 Å². The Morgan fingerprint density at radius 1 is 1.64 bits per heavy atom. The smallest absolute Gasteiger partial charge is 0.325 e. The Balaban J connectivity index is 3.20. The van der Waals surface area contributed by atoms with Gasteiger partial charge < -0.3 is 10.8 Å². The Hall–Kier alpha value is -1.06. The summed E-state index contributed by atoms with van der Waals surface area (Å²) in [5.74, 6) is -1.04. The molecule has 0 aliphatic heterocycles. The minimum Gasteiger partial charge on any atom is -0.480 e. The van der Waals surface area contributed by atoms with Crippen LogP contribution in [0.1, 0.15) is 24.1 Å². The SMILES string of the molecule is CCc1c(Cl)cccc1C(N)C(=O)O. The molecule has 0 aliphatic carbocycles. The Morgan fingerprint density at radius 2 is 2.29 bits per heavy atom. The molecule has 0 aromatic heterocycles. The van der Waals surface area contributed by atoms with Crippen LogP contribution >= 0.6 is 11.6 Å². The Labute approximate surface area is 87.5 Å². The highest BCUT2D eigenvalue weighted by Crippen LogP contribution is 2.24. The van der Waals surface area contributed by atoms with Crippen LogP contribution in [0, 0.1) is 0 Å². The van der Waals surface area contributed by atoms with Crippen molar-refractivity contribution in [2.75, 3.05) is 0 Å². The van der Waals surface area contributed by atoms with Crippen LogP contribution < -0.4 is 5.73 Å². The van der Waals surface area contributed by atoms with Gasteiger partial charge in [0.1, 0.15) is 6.04 Å². The lowest BCUT2D eigenvalue weighted by Crippen LogP contribution is -2.22. The molecule has 0 heterocycles. The average molecular weight is 214 g/mol. The van der Waals surface area contributed by atoms with Gasteiger partial charge >= 0.3 is 5.97 Å². The van der Waals surface area contributed by atoms with Gasteiger partial charge in [0, 0.05) is 5.02 Å². The van der Waals surface area contributed by atoms with Crippen molar-refractivity contribution in [3.63, 3.8) is 0 Å². The van der Waals surface area contributed by atoms with Crippen molar-refractivity contribution in [2.45, 2.75) is 19.4 Å². The molecular formula is C10H12ClNO2. The molecule has 0 radical (unpaired) electrons. The lowest BCUT2D eigenvalue weighted by atomic mass is 9.99. The summed E-state index contributed by atoms with van der Waals surface area (Å²) in [5.41, 5.74) is 6.92. The first-order valence-electron chi connectivity index (χ1n) is 4.33. The molecule has 3 N–H and O–H groups in total. The second-order valence-corrected chi connectivity index (χ2v) is 3.38. The monoisotopic (exact) mass is 213 g/mol. The maximum atomic E-state index is 10.7. The van der Waals surface area contributed by atoms with Gasteiger partial charge in [0.15, 0.2) is 0 Å². The third kappa shape index (κ3) is 2.05. The van der Waals surface area contributed by atoms with E-state index >= 15 is 0 Å². The highest BCUT2D eigenvalue weighted by molar-refractivity contribution is 6.31. The first-order valence-corrected chi connectivity index (χ1v) is 4.71. The predicted octanol–water partition coefficient (Wildman–Crippen LogP) is 1.99. The third-order valence-corrected chi connectivity index (χ3v) is 2.46. The number of carboxylic acids is 1. The largest absolute Gasteiger partial charge is 0.480 e. The maximum Gasteiger partial charge on any atom is 0.325 e. The summed E-state index contributed by atoms with van der Waals surface area (Å²) in [5, 5.41) is 9.35. The molecule has 1 rings (SSSR count). The molecule has 0 fully saturated rings. The molecule has 4 heteroatoms. The van der Waals surface area contributed by atoms with Crippen LogP contribution in [-0.2, 0) is 11.2 Å². The summed E-state index contributed by atoms with van der Waals surface area (Å²) < 4.78 is 0. The van der Waals surface area contributed by atoms with Gasteiger partial charge in [-0.3, -0.25) is 4.79 Å². The fraction of sp³-hybridized carbons (Fsp3) is 0.300. The van der Waals surface area contributed by atoms with Gasteiger partial charge in [0.2, 0.25) is 0 Å². The molecular weight excluding hydrogens is 202 g/mol. The molecule has 1 unspecified atom stereocenters. The van der Waals surface area contributed by atoms with Crippen molar-refractivity contribution in [1.29, 1.82) is 0 Å². The molecule has 3 nitrogen and oxygen atoms in total. The van der Waals surface area contributed by atoms with E-state index in [0.29, 0.717) is 17.0 Å². The second kappa shape index (κ2) is 4.44. The summed E-state index contributed by atoms with van der Waals surface area (Å²) in [7, 11) is 0. The van der Waals surface area contributed by atoms with E-state index in [1.807, 2.05) is 6.92 Å². The van der Waals surface area contributed by atoms with E-state index < -0.39 is 12.0 Å². The highest BCUT2D eigenvalue weighted by atomic mass is 35.5. The van der Waals surface area contributed by atoms with E-state index in [1.54, 1.807) is 18.2 Å². The van der Waals surface area contributed by atoms with E-state index in [1.165, 1.54) is 0 Å². The standard InChI is InChI=1S/C10H12ClNO2/c1-2-6-7(9(12)10(13)14)4-3-5-8(6)11/h3-5,9H,2,12H2,1H3,(H,13,14). The number of halogens is 1. The average Bonchev–Trinajstić information content (AvgIpc) is 2.16. The molecule has 0 aliphatic rings. The third-order valence-electron chi connectivity index (χ3n) is 2.11. The van der Waals surface area contributed by atoms with Crippen LogP contribution in [0.5, 0.6) is 0 Å². The number of rotatable bonds is 3. The Bertz CT molecular complexity index is 352. The molecule has 1 aromatic rings. The number of carboxylic acid groups (broad SMARTS) is 1. The van der Waals surface area contributed by atoms with E-state index in [0.717, 1.165) is 5.56 Å². The number of aliphatic carboxylic acids is 1. The minimum atomic E-state index is -1.04. The summed E-state index contributed by atoms with van der Waals surface area (Å²) in [4.78, 5) is 10.7. The lowest BCUT2D eigenvalue weighted by Gasteiger charge is -2.12. The number of nitrogens with two attached hydrogens (primary N) is 1. The minimum absolute atomic E-state index is 0.571. The van der Waals surface area contributed by atoms with E-state index in [9.17, 15) is 4.79 Å². The van der Waals surface area contributed by atoms with Crippen molar-refractivity contribution in [3.05, 3.63) is 34.3 Å². The number of benzene rings is 1. The van der Waals surface area contributed by atoms with Crippen LogP contribution in [0.15, 0.2) is 18.2 Å². The number of carbonyl (C=O) groups is 1. The zero-order valence-electron chi connectivity index (χ0n) is 7.83. The van der Waals surface area contributed by atoms with E-state index in [2.05, 4.69) is 0 Å². The van der Waals surface area contributed by atoms with Crippen LogP contribution in [0.4, 0.5) is 0 Å². The number of hydrogen-bond donors (Lipinski definition) is 2. The highest BCUT2D eigenvalue weighted by Gasteiger charge is 2.18. The van der Waals surface area contributed by atoms with Crippen LogP contribution in [0.25, 0.3) is 0 Å². The Morgan fingerprint density at radius 3 is 2.79 bits per heavy atom. The first-order chi connectivity index (χ1) is 6.57. The van der Waals surface area contributed by atoms with Crippen LogP contribution in [-0.4, -0.2) is 11.1 Å². The molecule has 14 heavy (non-hydrogen) atoms. The topological polar surface area (TPSA) is 63.3 Å². The molecule has 0 saturated heterocycles. The van der Waals surface area contributed by atoms with E-state index in [-0.39, 0.29) is 0 Å². The molecule has 0 spiro atoms. The zero-order chi connectivity index (χ0) is 10.7. The maximum absolute atomic E-state index is 10.7. The van der Waals surface area contributed by atoms with Crippen molar-refractivity contribution in [3.8, 4) is 0 Å². The van der Waals surface area contributed by atoms with Gasteiger partial charge in [0.25, 0.3) is 0 Å². The molecule has 76 valence electrons. The predicted molar refractivity (Wildman–Crippen MR) is 55.4 cm³/mol. The molecule has 0 amide bonds. The van der Waals surface area contributed by atoms with Gasteiger partial charge in [-0.25, -0.2) is 0 Å². The van der Waals surface area contributed by atoms with Crippen LogP contribution in [0.2, 0.25) is 5.02 Å². The second-order valence-electron chi connectivity index (χ2n) is 2.98. The lowest BCUT2D eigenvalue weighted by molar-refractivity contribution is -0.138. The van der Waals surface area contributed by atoms with Gasteiger partial charge in [-0.2, -0.15) is 0 Å².